The van der Waals surface area contributed by atoms with E-state index in [0.717, 1.165) is 18.2 Å². The standard InChI is InChI=1S/C20H26N2O4S/c1-5-19(16-9-7-6-8-10-16)21-20(23)15(2)26-18-13-11-17(12-14-18)22(3)27(4,24)25/h6-15,19H,5H2,1-4H3,(H,21,23). The molecule has 6 nitrogen and oxygen atoms in total. The minimum absolute atomic E-state index is 0.0736. The molecule has 0 bridgehead atoms. The van der Waals surface area contributed by atoms with Gasteiger partial charge in [-0.1, -0.05) is 37.3 Å². The van der Waals surface area contributed by atoms with Crippen LogP contribution in [0.5, 0.6) is 5.75 Å². The summed E-state index contributed by atoms with van der Waals surface area (Å²) >= 11 is 0. The first-order valence-electron chi connectivity index (χ1n) is 8.78. The average Bonchev–Trinajstić information content (AvgIpc) is 2.65. The molecule has 7 heteroatoms. The van der Waals surface area contributed by atoms with Crippen LogP contribution in [0.15, 0.2) is 54.6 Å². The molecule has 2 atom stereocenters. The number of hydrogen-bond donors (Lipinski definition) is 1. The number of benzene rings is 2. The van der Waals surface area contributed by atoms with E-state index in [1.807, 2.05) is 37.3 Å². The molecule has 0 aliphatic heterocycles. The van der Waals surface area contributed by atoms with E-state index in [1.165, 1.54) is 11.4 Å². The van der Waals surface area contributed by atoms with Gasteiger partial charge in [-0.15, -0.1) is 0 Å². The second-order valence-corrected chi connectivity index (χ2v) is 8.38. The summed E-state index contributed by atoms with van der Waals surface area (Å²) in [7, 11) is -1.84. The number of nitrogens with zero attached hydrogens (tertiary/aromatic N) is 1. The van der Waals surface area contributed by atoms with Crippen LogP contribution in [0.2, 0.25) is 0 Å². The molecule has 2 rings (SSSR count). The van der Waals surface area contributed by atoms with Crippen LogP contribution in [0.3, 0.4) is 0 Å². The first-order valence-corrected chi connectivity index (χ1v) is 10.6. The van der Waals surface area contributed by atoms with Crippen molar-refractivity contribution in [2.75, 3.05) is 17.6 Å². The number of rotatable bonds is 8. The van der Waals surface area contributed by atoms with Crippen molar-refractivity contribution in [1.29, 1.82) is 0 Å². The molecule has 0 saturated heterocycles. The summed E-state index contributed by atoms with van der Waals surface area (Å²) in [6, 6.07) is 16.3. The normalized spacial score (nSPS) is 13.5. The van der Waals surface area contributed by atoms with Crippen LogP contribution in [0, 0.1) is 0 Å². The third-order valence-corrected chi connectivity index (χ3v) is 5.51. The van der Waals surface area contributed by atoms with Crippen molar-refractivity contribution < 1.29 is 17.9 Å². The third kappa shape index (κ3) is 5.72. The van der Waals surface area contributed by atoms with Crippen LogP contribution in [0.25, 0.3) is 0 Å². The van der Waals surface area contributed by atoms with E-state index >= 15 is 0 Å². The van der Waals surface area contributed by atoms with Gasteiger partial charge in [0.05, 0.1) is 18.0 Å². The number of anilines is 1. The zero-order valence-corrected chi connectivity index (χ0v) is 16.9. The Bertz CT molecular complexity index is 851. The van der Waals surface area contributed by atoms with E-state index in [2.05, 4.69) is 5.32 Å². The van der Waals surface area contributed by atoms with Gasteiger partial charge in [0.25, 0.3) is 5.91 Å². The maximum absolute atomic E-state index is 12.5. The highest BCUT2D eigenvalue weighted by atomic mass is 32.2. The van der Waals surface area contributed by atoms with E-state index in [4.69, 9.17) is 4.74 Å². The molecule has 1 amide bonds. The van der Waals surface area contributed by atoms with Gasteiger partial charge in [0.1, 0.15) is 5.75 Å². The van der Waals surface area contributed by atoms with Crippen LogP contribution in [0.4, 0.5) is 5.69 Å². The fourth-order valence-electron chi connectivity index (χ4n) is 2.58. The van der Waals surface area contributed by atoms with Crippen molar-refractivity contribution in [3.05, 3.63) is 60.2 Å². The lowest BCUT2D eigenvalue weighted by Gasteiger charge is -2.21. The molecule has 0 aromatic heterocycles. The van der Waals surface area contributed by atoms with Crippen molar-refractivity contribution >= 4 is 21.6 Å². The van der Waals surface area contributed by atoms with E-state index in [1.54, 1.807) is 31.2 Å². The molecule has 0 aliphatic carbocycles. The maximum Gasteiger partial charge on any atom is 0.261 e. The minimum Gasteiger partial charge on any atom is -0.481 e. The van der Waals surface area contributed by atoms with Crippen LogP contribution < -0.4 is 14.4 Å². The summed E-state index contributed by atoms with van der Waals surface area (Å²) in [5.41, 5.74) is 1.57. The summed E-state index contributed by atoms with van der Waals surface area (Å²) in [5, 5.41) is 3.00. The highest BCUT2D eigenvalue weighted by molar-refractivity contribution is 7.92. The Morgan fingerprint density at radius 1 is 1.11 bits per heavy atom. The molecular formula is C20H26N2O4S. The van der Waals surface area contributed by atoms with Crippen LogP contribution >= 0.6 is 0 Å². The van der Waals surface area contributed by atoms with Crippen molar-refractivity contribution in [2.24, 2.45) is 0 Å². The lowest BCUT2D eigenvalue weighted by molar-refractivity contribution is -0.128. The van der Waals surface area contributed by atoms with Crippen LogP contribution in [-0.2, 0) is 14.8 Å². The zero-order chi connectivity index (χ0) is 20.0. The van der Waals surface area contributed by atoms with Gasteiger partial charge in [-0.2, -0.15) is 0 Å². The number of nitrogens with one attached hydrogen (secondary N) is 1. The van der Waals surface area contributed by atoms with Gasteiger partial charge >= 0.3 is 0 Å². The quantitative estimate of drug-likeness (QED) is 0.751. The first-order chi connectivity index (χ1) is 12.7. The molecule has 0 spiro atoms. The summed E-state index contributed by atoms with van der Waals surface area (Å²) in [5.74, 6) is 0.291. The number of hydrogen-bond acceptors (Lipinski definition) is 4. The second kappa shape index (κ2) is 8.90. The van der Waals surface area contributed by atoms with Crippen molar-refractivity contribution in [1.82, 2.24) is 5.32 Å². The Morgan fingerprint density at radius 3 is 2.22 bits per heavy atom. The summed E-state index contributed by atoms with van der Waals surface area (Å²) in [6.07, 6.45) is 1.23. The third-order valence-electron chi connectivity index (χ3n) is 4.31. The van der Waals surface area contributed by atoms with Gasteiger partial charge in [-0.3, -0.25) is 9.10 Å². The van der Waals surface area contributed by atoms with Gasteiger partial charge in [-0.25, -0.2) is 8.42 Å². The lowest BCUT2D eigenvalue weighted by Crippen LogP contribution is -2.38. The first kappa shape index (κ1) is 20.8. The van der Waals surface area contributed by atoms with E-state index in [0.29, 0.717) is 11.4 Å². The van der Waals surface area contributed by atoms with Crippen molar-refractivity contribution in [3.8, 4) is 5.75 Å². The van der Waals surface area contributed by atoms with E-state index in [-0.39, 0.29) is 11.9 Å². The molecule has 146 valence electrons. The number of carbonyl (C=O) groups is 1. The lowest BCUT2D eigenvalue weighted by atomic mass is 10.0. The monoisotopic (exact) mass is 390 g/mol. The minimum atomic E-state index is -3.32. The summed E-state index contributed by atoms with van der Waals surface area (Å²) in [4.78, 5) is 12.5. The number of carbonyl (C=O) groups excluding carboxylic acids is 1. The van der Waals surface area contributed by atoms with Crippen LogP contribution in [0.1, 0.15) is 31.9 Å². The Balaban J connectivity index is 1.99. The predicted molar refractivity (Wildman–Crippen MR) is 107 cm³/mol. The molecule has 0 aliphatic rings. The van der Waals surface area contributed by atoms with Gasteiger partial charge in [0.2, 0.25) is 10.0 Å². The van der Waals surface area contributed by atoms with Gasteiger partial charge in [0.15, 0.2) is 6.10 Å². The number of ether oxygens (including phenoxy) is 1. The number of sulfonamides is 1. The number of amides is 1. The van der Waals surface area contributed by atoms with Gasteiger partial charge in [0, 0.05) is 7.05 Å². The molecule has 2 aromatic carbocycles. The highest BCUT2D eigenvalue weighted by Crippen LogP contribution is 2.21. The van der Waals surface area contributed by atoms with E-state index in [9.17, 15) is 13.2 Å². The van der Waals surface area contributed by atoms with Crippen molar-refractivity contribution in [3.63, 3.8) is 0 Å². The Kier molecular flexibility index (Phi) is 6.85. The summed E-state index contributed by atoms with van der Waals surface area (Å²) < 4.78 is 30.0. The predicted octanol–water partition coefficient (Wildman–Crippen LogP) is 3.12. The second-order valence-electron chi connectivity index (χ2n) is 6.36. The highest BCUT2D eigenvalue weighted by Gasteiger charge is 2.19. The van der Waals surface area contributed by atoms with Crippen LogP contribution in [-0.4, -0.2) is 33.7 Å². The summed E-state index contributed by atoms with van der Waals surface area (Å²) in [6.45, 7) is 3.70. The molecular weight excluding hydrogens is 364 g/mol. The van der Waals surface area contributed by atoms with Gasteiger partial charge < -0.3 is 10.1 Å². The SMILES string of the molecule is CCC(NC(=O)C(C)Oc1ccc(N(C)S(C)(=O)=O)cc1)c1ccccc1. The fourth-order valence-corrected chi connectivity index (χ4v) is 3.08. The maximum atomic E-state index is 12.5. The molecule has 27 heavy (non-hydrogen) atoms. The van der Waals surface area contributed by atoms with Crippen molar-refractivity contribution in [2.45, 2.75) is 32.4 Å². The Morgan fingerprint density at radius 2 is 1.70 bits per heavy atom. The molecule has 2 aromatic rings. The fraction of sp³-hybridized carbons (Fsp3) is 0.350. The largest absolute Gasteiger partial charge is 0.481 e. The topological polar surface area (TPSA) is 75.7 Å². The Labute approximate surface area is 161 Å². The van der Waals surface area contributed by atoms with E-state index < -0.39 is 16.1 Å². The molecule has 0 saturated carbocycles. The molecule has 0 heterocycles. The average molecular weight is 391 g/mol. The molecule has 0 radical (unpaired) electrons. The zero-order valence-electron chi connectivity index (χ0n) is 16.0. The Hall–Kier alpha value is -2.54. The molecule has 1 N–H and O–H groups in total. The molecule has 0 fully saturated rings. The molecule has 2 unspecified atom stereocenters. The smallest absolute Gasteiger partial charge is 0.261 e. The van der Waals surface area contributed by atoms with Gasteiger partial charge in [-0.05, 0) is 43.2 Å².